The Labute approximate surface area is 139 Å². The van der Waals surface area contributed by atoms with Crippen molar-refractivity contribution >= 4 is 17.7 Å². The Morgan fingerprint density at radius 1 is 1.43 bits per heavy atom. The molecule has 0 amide bonds. The van der Waals surface area contributed by atoms with Gasteiger partial charge in [-0.1, -0.05) is 11.8 Å². The van der Waals surface area contributed by atoms with Crippen LogP contribution >= 0.6 is 11.8 Å². The molecule has 3 unspecified atom stereocenters. The van der Waals surface area contributed by atoms with Crippen LogP contribution in [0.3, 0.4) is 0 Å². The van der Waals surface area contributed by atoms with Crippen molar-refractivity contribution in [3.63, 3.8) is 0 Å². The fraction of sp³-hybridized carbons (Fsp3) is 0.529. The van der Waals surface area contributed by atoms with Gasteiger partial charge in [-0.25, -0.2) is 9.78 Å². The van der Waals surface area contributed by atoms with E-state index in [4.69, 9.17) is 9.15 Å². The lowest BCUT2D eigenvalue weighted by molar-refractivity contribution is 0.0124. The van der Waals surface area contributed by atoms with Gasteiger partial charge in [-0.2, -0.15) is 0 Å². The zero-order valence-electron chi connectivity index (χ0n) is 13.1. The lowest BCUT2D eigenvalue weighted by atomic mass is 9.98. The zero-order valence-corrected chi connectivity index (χ0v) is 13.9. The fourth-order valence-corrected chi connectivity index (χ4v) is 4.54. The molecule has 6 heteroatoms. The first-order valence-electron chi connectivity index (χ1n) is 8.09. The van der Waals surface area contributed by atoms with Crippen molar-refractivity contribution < 1.29 is 13.9 Å². The number of thioether (sulfide) groups is 1. The number of rotatable bonds is 5. The van der Waals surface area contributed by atoms with E-state index >= 15 is 0 Å². The molecule has 2 bridgehead atoms. The number of carbonyl (C=O) groups excluding carboxylic acids is 1. The van der Waals surface area contributed by atoms with Gasteiger partial charge >= 0.3 is 5.97 Å². The quantitative estimate of drug-likeness (QED) is 0.618. The summed E-state index contributed by atoms with van der Waals surface area (Å²) in [6.45, 7) is 0. The molecule has 3 atom stereocenters. The van der Waals surface area contributed by atoms with Crippen molar-refractivity contribution in [1.82, 2.24) is 9.55 Å². The first-order valence-corrected chi connectivity index (χ1v) is 9.07. The molecule has 4 rings (SSSR count). The Kier molecular flexibility index (Phi) is 3.93. The number of nitrogens with zero attached hydrogens (tertiary/aromatic N) is 2. The third-order valence-corrected chi connectivity index (χ3v) is 6.00. The molecule has 122 valence electrons. The highest BCUT2D eigenvalue weighted by Crippen LogP contribution is 2.46. The van der Waals surface area contributed by atoms with Gasteiger partial charge in [0.1, 0.15) is 11.9 Å². The molecule has 2 aliphatic rings. The van der Waals surface area contributed by atoms with Crippen LogP contribution in [0.2, 0.25) is 0 Å². The summed E-state index contributed by atoms with van der Waals surface area (Å²) in [4.78, 5) is 16.5. The van der Waals surface area contributed by atoms with Gasteiger partial charge in [0.25, 0.3) is 0 Å². The number of carbonyl (C=O) groups is 1. The molecule has 0 saturated heterocycles. The molecular formula is C17H20N2O3S. The van der Waals surface area contributed by atoms with Gasteiger partial charge in [-0.05, 0) is 49.7 Å². The monoisotopic (exact) mass is 332 g/mol. The molecule has 0 N–H and O–H groups in total. The normalized spacial score (nSPS) is 25.9. The Balaban J connectivity index is 1.34. The van der Waals surface area contributed by atoms with Crippen molar-refractivity contribution in [2.45, 2.75) is 42.7 Å². The topological polar surface area (TPSA) is 57.3 Å². The lowest BCUT2D eigenvalue weighted by Crippen LogP contribution is -2.23. The van der Waals surface area contributed by atoms with Crippen LogP contribution in [0.1, 0.15) is 42.0 Å². The van der Waals surface area contributed by atoms with Crippen molar-refractivity contribution in [1.29, 1.82) is 0 Å². The summed E-state index contributed by atoms with van der Waals surface area (Å²) in [7, 11) is 1.95. The second-order valence-electron chi connectivity index (χ2n) is 6.49. The largest absolute Gasteiger partial charge is 0.456 e. The highest BCUT2D eigenvalue weighted by Gasteiger charge is 2.42. The summed E-state index contributed by atoms with van der Waals surface area (Å²) in [6, 6.07) is 3.55. The number of furan rings is 1. The Morgan fingerprint density at radius 3 is 3.04 bits per heavy atom. The molecule has 2 fully saturated rings. The summed E-state index contributed by atoms with van der Waals surface area (Å²) in [5, 5.41) is 0.924. The Morgan fingerprint density at radius 2 is 2.35 bits per heavy atom. The molecule has 0 aliphatic heterocycles. The average molecular weight is 332 g/mol. The molecule has 23 heavy (non-hydrogen) atoms. The summed E-state index contributed by atoms with van der Waals surface area (Å²) < 4.78 is 13.3. The maximum Gasteiger partial charge on any atom is 0.374 e. The molecule has 0 aromatic carbocycles. The van der Waals surface area contributed by atoms with Crippen molar-refractivity contribution in [3.8, 4) is 0 Å². The summed E-state index contributed by atoms with van der Waals surface area (Å²) in [6.07, 6.45) is 8.52. The van der Waals surface area contributed by atoms with E-state index in [9.17, 15) is 4.79 Å². The zero-order chi connectivity index (χ0) is 15.8. The molecule has 2 aromatic heterocycles. The van der Waals surface area contributed by atoms with E-state index in [1.807, 2.05) is 23.9 Å². The Hall–Kier alpha value is -1.69. The average Bonchev–Trinajstić information content (AvgIpc) is 3.30. The molecular weight excluding hydrogens is 312 g/mol. The summed E-state index contributed by atoms with van der Waals surface area (Å²) in [5.41, 5.74) is 0. The number of esters is 1. The lowest BCUT2D eigenvalue weighted by Gasteiger charge is -2.21. The number of hydrogen-bond acceptors (Lipinski definition) is 5. The minimum atomic E-state index is -0.323. The number of aromatic nitrogens is 2. The minimum absolute atomic E-state index is 0.0942. The molecule has 2 saturated carbocycles. The van der Waals surface area contributed by atoms with Crippen molar-refractivity contribution in [3.05, 3.63) is 36.0 Å². The molecule has 0 radical (unpaired) electrons. The number of ether oxygens (including phenoxy) is 1. The van der Waals surface area contributed by atoms with E-state index in [0.29, 0.717) is 17.4 Å². The van der Waals surface area contributed by atoms with Gasteiger partial charge in [0, 0.05) is 19.4 Å². The van der Waals surface area contributed by atoms with Gasteiger partial charge in [0.2, 0.25) is 5.76 Å². The van der Waals surface area contributed by atoms with Crippen LogP contribution in [0.15, 0.2) is 34.1 Å². The maximum atomic E-state index is 12.2. The Bertz CT molecular complexity index is 708. The number of hydrogen-bond donors (Lipinski definition) is 0. The smallest absolute Gasteiger partial charge is 0.374 e. The van der Waals surface area contributed by atoms with Gasteiger partial charge in [0.15, 0.2) is 5.16 Å². The van der Waals surface area contributed by atoms with Gasteiger partial charge in [-0.3, -0.25) is 0 Å². The van der Waals surface area contributed by atoms with Crippen LogP contribution in [0.25, 0.3) is 0 Å². The predicted octanol–water partition coefficient (Wildman–Crippen LogP) is 3.65. The van der Waals surface area contributed by atoms with Crippen LogP contribution < -0.4 is 0 Å². The first-order chi connectivity index (χ1) is 11.2. The van der Waals surface area contributed by atoms with Crippen molar-refractivity contribution in [2.75, 3.05) is 0 Å². The third-order valence-electron chi connectivity index (χ3n) is 4.91. The standard InChI is InChI=1S/C17H20N2O3S/c1-19-7-6-18-17(19)23-10-13-4-5-14(21-13)16(20)22-15-9-11-2-3-12(15)8-11/h4-7,11-12,15H,2-3,8-10H2,1H3. The second-order valence-corrected chi connectivity index (χ2v) is 7.44. The van der Waals surface area contributed by atoms with E-state index in [1.54, 1.807) is 24.0 Å². The van der Waals surface area contributed by atoms with E-state index < -0.39 is 0 Å². The third kappa shape index (κ3) is 3.04. The highest BCUT2D eigenvalue weighted by molar-refractivity contribution is 7.98. The van der Waals surface area contributed by atoms with Crippen LogP contribution in [0, 0.1) is 11.8 Å². The SMILES string of the molecule is Cn1ccnc1SCc1ccc(C(=O)OC2CC3CCC2C3)o1. The summed E-state index contributed by atoms with van der Waals surface area (Å²) >= 11 is 1.58. The van der Waals surface area contributed by atoms with Crippen molar-refractivity contribution in [2.24, 2.45) is 18.9 Å². The van der Waals surface area contributed by atoms with E-state index in [0.717, 1.165) is 23.3 Å². The number of aryl methyl sites for hydroxylation is 1. The van der Waals surface area contributed by atoms with Crippen LogP contribution in [0.5, 0.6) is 0 Å². The van der Waals surface area contributed by atoms with Crippen LogP contribution in [-0.2, 0) is 17.5 Å². The summed E-state index contributed by atoms with van der Waals surface area (Å²) in [5.74, 6) is 2.72. The maximum absolute atomic E-state index is 12.2. The van der Waals surface area contributed by atoms with E-state index in [1.165, 1.54) is 19.3 Å². The van der Waals surface area contributed by atoms with E-state index in [-0.39, 0.29) is 12.1 Å². The molecule has 2 aromatic rings. The minimum Gasteiger partial charge on any atom is -0.456 e. The fourth-order valence-electron chi connectivity index (χ4n) is 3.72. The molecule has 2 aliphatic carbocycles. The van der Waals surface area contributed by atoms with Gasteiger partial charge in [-0.15, -0.1) is 0 Å². The van der Waals surface area contributed by atoms with E-state index in [2.05, 4.69) is 4.98 Å². The molecule has 2 heterocycles. The molecule has 0 spiro atoms. The van der Waals surface area contributed by atoms with Crippen LogP contribution in [0.4, 0.5) is 0 Å². The van der Waals surface area contributed by atoms with Crippen LogP contribution in [-0.4, -0.2) is 21.6 Å². The highest BCUT2D eigenvalue weighted by atomic mass is 32.2. The number of fused-ring (bicyclic) bond motifs is 2. The number of imidazole rings is 1. The predicted molar refractivity (Wildman–Crippen MR) is 86.1 cm³/mol. The first kappa shape index (κ1) is 14.9. The molecule has 5 nitrogen and oxygen atoms in total. The second kappa shape index (κ2) is 6.07. The van der Waals surface area contributed by atoms with Gasteiger partial charge < -0.3 is 13.7 Å². The van der Waals surface area contributed by atoms with Gasteiger partial charge in [0.05, 0.1) is 5.75 Å².